The molecule has 0 aliphatic carbocycles. The summed E-state index contributed by atoms with van der Waals surface area (Å²) in [6, 6.07) is 29.3. The first kappa shape index (κ1) is 42.0. The van der Waals surface area contributed by atoms with E-state index in [1.807, 2.05) is 91.0 Å². The first-order chi connectivity index (χ1) is 28.6. The minimum absolute atomic E-state index is 0.0283. The van der Waals surface area contributed by atoms with Crippen LogP contribution in [0.5, 0.6) is 0 Å². The maximum Gasteiger partial charge on any atom is 0.313 e. The molecule has 1 unspecified atom stereocenters. The number of aliphatic hydroxyl groups is 1. The van der Waals surface area contributed by atoms with E-state index in [0.29, 0.717) is 17.7 Å². The molecule has 59 heavy (non-hydrogen) atoms. The van der Waals surface area contributed by atoms with E-state index >= 15 is 9.59 Å². The van der Waals surface area contributed by atoms with Crippen molar-refractivity contribution in [2.75, 3.05) is 31.8 Å². The fourth-order valence-electron chi connectivity index (χ4n) is 9.22. The normalized spacial score (nSPS) is 24.6. The minimum atomic E-state index is -1.45. The number of hydrogen-bond donors (Lipinski definition) is 2. The van der Waals surface area contributed by atoms with Crippen molar-refractivity contribution < 1.29 is 38.5 Å². The van der Waals surface area contributed by atoms with E-state index in [2.05, 4.69) is 34.4 Å². The first-order valence-electron chi connectivity index (χ1n) is 20.0. The second kappa shape index (κ2) is 18.4. The van der Waals surface area contributed by atoms with Gasteiger partial charge in [-0.15, -0.1) is 13.2 Å². The van der Waals surface area contributed by atoms with E-state index < -0.39 is 77.0 Å². The molecule has 7 rings (SSSR count). The number of methoxy groups -OCH3 is 1. The van der Waals surface area contributed by atoms with Crippen molar-refractivity contribution in [3.8, 4) is 0 Å². The van der Waals surface area contributed by atoms with E-state index in [1.165, 1.54) is 12.0 Å². The van der Waals surface area contributed by atoms with Gasteiger partial charge >= 0.3 is 5.97 Å². The highest BCUT2D eigenvalue weighted by atomic mass is 79.9. The van der Waals surface area contributed by atoms with Crippen molar-refractivity contribution in [2.45, 2.75) is 66.4 Å². The molecule has 4 aromatic carbocycles. The maximum atomic E-state index is 15.4. The number of amides is 3. The van der Waals surface area contributed by atoms with E-state index in [-0.39, 0.29) is 38.3 Å². The van der Waals surface area contributed by atoms with E-state index in [4.69, 9.17) is 14.2 Å². The molecule has 308 valence electrons. The molecule has 4 aromatic rings. The number of halogens is 1. The summed E-state index contributed by atoms with van der Waals surface area (Å²) in [4.78, 5) is 61.3. The molecule has 3 fully saturated rings. The average Bonchev–Trinajstić information content (AvgIpc) is 3.86. The molecule has 1 spiro atoms. The smallest absolute Gasteiger partial charge is 0.313 e. The highest BCUT2D eigenvalue weighted by Gasteiger charge is 2.77. The van der Waals surface area contributed by atoms with Gasteiger partial charge in [-0.05, 0) is 53.3 Å². The monoisotopic (exact) mass is 863 g/mol. The number of rotatable bonds is 18. The molecular formula is C47H50BrN3O8. The third kappa shape index (κ3) is 8.23. The standard InChI is InChI=1S/C47H50BrN3O8/c1-4-6-21-38(53)49-37(29-57-3)41(32-18-11-8-12-19-32)58-46(56)39-40-44(54)51(35(28-52)25-30-15-9-7-10-16-30)43(47(40)27-36(48)42(39)59-47)45(55)50(24-5-2)34-23-22-31-17-13-14-20-33(31)26-34/h4-5,7-20,22-23,26,35-37,39-43,52H,1-2,6,21,24-25,27-29H2,3H3,(H,49,53)/t35-,36?,37-,39+,40-,41-,42+,43+,47-/m1/s1. The van der Waals surface area contributed by atoms with Gasteiger partial charge in [0.1, 0.15) is 17.7 Å². The van der Waals surface area contributed by atoms with Crippen LogP contribution in [0.3, 0.4) is 0 Å². The molecule has 3 saturated heterocycles. The summed E-state index contributed by atoms with van der Waals surface area (Å²) in [5, 5.41) is 16.0. The van der Waals surface area contributed by atoms with E-state index in [1.54, 1.807) is 29.2 Å². The zero-order valence-corrected chi connectivity index (χ0v) is 34.6. The molecule has 3 aliphatic heterocycles. The molecule has 3 heterocycles. The van der Waals surface area contributed by atoms with Gasteiger partial charge in [0, 0.05) is 30.6 Å². The highest BCUT2D eigenvalue weighted by Crippen LogP contribution is 2.61. The largest absolute Gasteiger partial charge is 0.455 e. The number of alkyl halides is 1. The Morgan fingerprint density at radius 2 is 1.69 bits per heavy atom. The zero-order valence-electron chi connectivity index (χ0n) is 33.0. The Balaban J connectivity index is 1.29. The third-order valence-electron chi connectivity index (χ3n) is 11.8. The number of nitrogens with one attached hydrogen (secondary N) is 1. The first-order valence-corrected chi connectivity index (χ1v) is 20.9. The van der Waals surface area contributed by atoms with Gasteiger partial charge in [0.05, 0.1) is 43.2 Å². The Kier molecular flexibility index (Phi) is 13.1. The summed E-state index contributed by atoms with van der Waals surface area (Å²) < 4.78 is 18.8. The predicted molar refractivity (Wildman–Crippen MR) is 229 cm³/mol. The Labute approximate surface area is 353 Å². The van der Waals surface area contributed by atoms with Crippen molar-refractivity contribution >= 4 is 56.1 Å². The molecule has 0 saturated carbocycles. The molecule has 3 aliphatic rings. The van der Waals surface area contributed by atoms with E-state index in [9.17, 15) is 14.7 Å². The van der Waals surface area contributed by atoms with Crippen LogP contribution in [0.25, 0.3) is 10.8 Å². The number of carbonyl (C=O) groups is 4. The topological polar surface area (TPSA) is 135 Å². The van der Waals surface area contributed by atoms with Crippen LogP contribution in [0.1, 0.15) is 36.5 Å². The molecule has 2 N–H and O–H groups in total. The number of nitrogens with zero attached hydrogens (tertiary/aromatic N) is 2. The van der Waals surface area contributed by atoms with Crippen LogP contribution < -0.4 is 10.2 Å². The lowest BCUT2D eigenvalue weighted by Crippen LogP contribution is -2.59. The molecule has 3 amide bonds. The molecular weight excluding hydrogens is 814 g/mol. The summed E-state index contributed by atoms with van der Waals surface area (Å²) in [5.74, 6) is -4.10. The quantitative estimate of drug-likeness (QED) is 0.0698. The molecule has 0 aromatic heterocycles. The van der Waals surface area contributed by atoms with Crippen LogP contribution in [0, 0.1) is 11.8 Å². The minimum Gasteiger partial charge on any atom is -0.455 e. The van der Waals surface area contributed by atoms with Gasteiger partial charge in [-0.1, -0.05) is 119 Å². The number of likely N-dealkylation sites (tertiary alicyclic amines) is 1. The summed E-state index contributed by atoms with van der Waals surface area (Å²) in [5.41, 5.74) is 0.632. The van der Waals surface area contributed by atoms with Gasteiger partial charge < -0.3 is 34.4 Å². The molecule has 0 radical (unpaired) electrons. The Morgan fingerprint density at radius 1 is 1.00 bits per heavy atom. The summed E-state index contributed by atoms with van der Waals surface area (Å²) in [6.45, 7) is 7.38. The Morgan fingerprint density at radius 3 is 2.37 bits per heavy atom. The van der Waals surface area contributed by atoms with Crippen LogP contribution in [0.4, 0.5) is 5.69 Å². The highest BCUT2D eigenvalue weighted by molar-refractivity contribution is 9.09. The molecule has 2 bridgehead atoms. The van der Waals surface area contributed by atoms with Crippen molar-refractivity contribution in [1.29, 1.82) is 0 Å². The van der Waals surface area contributed by atoms with Gasteiger partial charge in [-0.3, -0.25) is 19.2 Å². The fourth-order valence-corrected chi connectivity index (χ4v) is 10.2. The van der Waals surface area contributed by atoms with Crippen LogP contribution in [0.2, 0.25) is 0 Å². The molecule has 11 nitrogen and oxygen atoms in total. The summed E-state index contributed by atoms with van der Waals surface area (Å²) in [7, 11) is 1.50. The summed E-state index contributed by atoms with van der Waals surface area (Å²) >= 11 is 3.78. The number of aliphatic hydroxyl groups excluding tert-OH is 1. The van der Waals surface area contributed by atoms with Gasteiger partial charge in [-0.2, -0.15) is 0 Å². The second-order valence-corrected chi connectivity index (χ2v) is 16.6. The van der Waals surface area contributed by atoms with Gasteiger partial charge in [0.15, 0.2) is 0 Å². The van der Waals surface area contributed by atoms with Crippen molar-refractivity contribution in [2.24, 2.45) is 11.8 Å². The lowest BCUT2D eigenvalue weighted by Gasteiger charge is -2.39. The SMILES string of the molecule is C=CCCC(=O)N[C@H](COC)[C@H](OC(=O)[C@@H]1[C@H]2O[C@@]3(CC2Br)[C@H](C(=O)N(CC=C)c2ccc4ccccc4c2)N([C@@H](CO)Cc2ccccc2)C(=O)[C@@H]13)c1ccccc1. The molecule has 12 heteroatoms. The number of allylic oxidation sites excluding steroid dienone is 1. The van der Waals surface area contributed by atoms with Crippen molar-refractivity contribution in [1.82, 2.24) is 10.2 Å². The zero-order chi connectivity index (χ0) is 41.7. The Hall–Kier alpha value is -5.14. The number of anilines is 1. The average molecular weight is 865 g/mol. The van der Waals surface area contributed by atoms with E-state index in [0.717, 1.165) is 16.3 Å². The Bertz CT molecular complexity index is 2170. The number of esters is 1. The predicted octanol–water partition coefficient (Wildman–Crippen LogP) is 6.09. The number of hydrogen-bond acceptors (Lipinski definition) is 8. The number of carbonyl (C=O) groups excluding carboxylic acids is 4. The van der Waals surface area contributed by atoms with Gasteiger partial charge in [0.2, 0.25) is 11.8 Å². The fraction of sp³-hybridized carbons (Fsp3) is 0.362. The van der Waals surface area contributed by atoms with Crippen LogP contribution >= 0.6 is 15.9 Å². The third-order valence-corrected chi connectivity index (χ3v) is 12.6. The number of fused-ring (bicyclic) bond motifs is 2. The van der Waals surface area contributed by atoms with Gasteiger partial charge in [-0.25, -0.2) is 0 Å². The van der Waals surface area contributed by atoms with Crippen molar-refractivity contribution in [3.63, 3.8) is 0 Å². The van der Waals surface area contributed by atoms with Crippen LogP contribution in [-0.2, 0) is 39.8 Å². The molecule has 9 atom stereocenters. The van der Waals surface area contributed by atoms with Crippen LogP contribution in [-0.4, -0.2) is 95.2 Å². The maximum absolute atomic E-state index is 15.4. The number of ether oxygens (including phenoxy) is 3. The van der Waals surface area contributed by atoms with Crippen LogP contribution in [0.15, 0.2) is 128 Å². The lowest BCUT2D eigenvalue weighted by molar-refractivity contribution is -0.163. The van der Waals surface area contributed by atoms with Gasteiger partial charge in [0.25, 0.3) is 5.91 Å². The van der Waals surface area contributed by atoms with Crippen molar-refractivity contribution in [3.05, 3.63) is 140 Å². The lowest BCUT2D eigenvalue weighted by atomic mass is 9.70. The second-order valence-electron chi connectivity index (χ2n) is 15.4. The number of benzene rings is 4. The summed E-state index contributed by atoms with van der Waals surface area (Å²) in [6.07, 6.45) is 2.62.